The monoisotopic (exact) mass is 498 g/mol. The number of hydrogen-bond acceptors (Lipinski definition) is 7. The van der Waals surface area contributed by atoms with E-state index in [1.54, 1.807) is 55.1 Å². The van der Waals surface area contributed by atoms with Crippen LogP contribution in [0, 0.1) is 0 Å². The topological polar surface area (TPSA) is 114 Å². The zero-order valence-corrected chi connectivity index (χ0v) is 21.1. The number of rotatable bonds is 10. The summed E-state index contributed by atoms with van der Waals surface area (Å²) in [7, 11) is 1.56. The molecule has 3 amide bonds. The van der Waals surface area contributed by atoms with E-state index in [9.17, 15) is 14.4 Å². The maximum absolute atomic E-state index is 13.5. The fourth-order valence-electron chi connectivity index (χ4n) is 3.42. The van der Waals surface area contributed by atoms with Gasteiger partial charge < -0.3 is 24.7 Å². The third kappa shape index (κ3) is 7.68. The zero-order chi connectivity index (χ0) is 25.4. The summed E-state index contributed by atoms with van der Waals surface area (Å²) >= 11 is 1.29. The average molecular weight is 499 g/mol. The number of furan rings is 1. The summed E-state index contributed by atoms with van der Waals surface area (Å²) in [5.74, 6) is 0.126. The maximum atomic E-state index is 13.5. The third-order valence-electron chi connectivity index (χ3n) is 4.96. The number of nitrogens with one attached hydrogen (secondary N) is 2. The quantitative estimate of drug-likeness (QED) is 0.434. The number of methoxy groups -OCH3 is 1. The second kappa shape index (κ2) is 11.7. The number of thiazole rings is 1. The molecule has 3 rings (SSSR count). The average Bonchev–Trinajstić information content (AvgIpc) is 3.50. The van der Waals surface area contributed by atoms with Crippen LogP contribution < -0.4 is 15.4 Å². The van der Waals surface area contributed by atoms with Crippen LogP contribution in [0.4, 0.5) is 5.13 Å². The van der Waals surface area contributed by atoms with Crippen LogP contribution in [0.15, 0.2) is 58.7 Å². The highest BCUT2D eigenvalue weighted by Crippen LogP contribution is 2.27. The Balaban J connectivity index is 1.88. The number of nitrogens with zero attached hydrogens (tertiary/aromatic N) is 2. The predicted octanol–water partition coefficient (Wildman–Crippen LogP) is 4.15. The van der Waals surface area contributed by atoms with Crippen LogP contribution in [-0.4, -0.2) is 40.3 Å². The van der Waals surface area contributed by atoms with Crippen molar-refractivity contribution in [2.75, 3.05) is 12.4 Å². The summed E-state index contributed by atoms with van der Waals surface area (Å²) in [6.07, 6.45) is 2.96. The first kappa shape index (κ1) is 26.0. The van der Waals surface area contributed by atoms with Crippen molar-refractivity contribution < 1.29 is 23.5 Å². The molecule has 0 spiro atoms. The van der Waals surface area contributed by atoms with Gasteiger partial charge in [-0.15, -0.1) is 11.3 Å². The van der Waals surface area contributed by atoms with Crippen LogP contribution in [0.1, 0.15) is 51.0 Å². The molecule has 0 radical (unpaired) electrons. The van der Waals surface area contributed by atoms with Crippen molar-refractivity contribution in [3.63, 3.8) is 0 Å². The van der Waals surface area contributed by atoms with Crippen LogP contribution in [0.5, 0.6) is 5.75 Å². The number of carbonyl (C=O) groups excluding carboxylic acids is 3. The highest BCUT2D eigenvalue weighted by atomic mass is 32.1. The summed E-state index contributed by atoms with van der Waals surface area (Å²) in [5, 5.41) is 7.87. The first-order valence-electron chi connectivity index (χ1n) is 11.1. The Morgan fingerprint density at radius 2 is 1.89 bits per heavy atom. The van der Waals surface area contributed by atoms with Crippen molar-refractivity contribution in [2.24, 2.45) is 0 Å². The Kier molecular flexibility index (Phi) is 8.64. The standard InChI is InChI=1S/C25H30N4O5S/c1-25(2,3)28-23(32)22(17-7-9-18(33-4)10-8-17)29(16-19-6-5-14-34-19)21(31)12-11-20(30)27-24-26-13-15-35-24/h5-10,13-15,22H,11-12,16H2,1-4H3,(H,28,32)(H,26,27,30). The Morgan fingerprint density at radius 3 is 2.46 bits per heavy atom. The lowest BCUT2D eigenvalue weighted by molar-refractivity contribution is -0.143. The molecular formula is C25H30N4O5S. The number of aromatic nitrogens is 1. The van der Waals surface area contributed by atoms with Crippen LogP contribution in [0.2, 0.25) is 0 Å². The van der Waals surface area contributed by atoms with Gasteiger partial charge in [-0.25, -0.2) is 4.98 Å². The molecule has 0 fully saturated rings. The van der Waals surface area contributed by atoms with E-state index in [4.69, 9.17) is 9.15 Å². The minimum Gasteiger partial charge on any atom is -0.497 e. The molecule has 0 aliphatic heterocycles. The molecule has 0 aliphatic rings. The molecule has 2 heterocycles. The molecule has 9 nitrogen and oxygen atoms in total. The lowest BCUT2D eigenvalue weighted by Gasteiger charge is -2.33. The molecule has 0 bridgehead atoms. The molecule has 35 heavy (non-hydrogen) atoms. The molecule has 1 unspecified atom stereocenters. The van der Waals surface area contributed by atoms with Gasteiger partial charge in [-0.2, -0.15) is 0 Å². The normalized spacial score (nSPS) is 12.0. The molecule has 2 aromatic heterocycles. The molecule has 2 N–H and O–H groups in total. The fourth-order valence-corrected chi connectivity index (χ4v) is 3.97. The zero-order valence-electron chi connectivity index (χ0n) is 20.2. The van der Waals surface area contributed by atoms with Gasteiger partial charge in [0.25, 0.3) is 0 Å². The SMILES string of the molecule is COc1ccc(C(C(=O)NC(C)(C)C)N(Cc2ccco2)C(=O)CCC(=O)Nc2nccs2)cc1. The number of benzene rings is 1. The Morgan fingerprint density at radius 1 is 1.14 bits per heavy atom. The van der Waals surface area contributed by atoms with E-state index in [1.165, 1.54) is 22.5 Å². The number of anilines is 1. The molecule has 0 saturated carbocycles. The second-order valence-electron chi connectivity index (χ2n) is 8.90. The van der Waals surface area contributed by atoms with Gasteiger partial charge in [-0.05, 0) is 50.6 Å². The predicted molar refractivity (Wildman–Crippen MR) is 133 cm³/mol. The molecular weight excluding hydrogens is 468 g/mol. The van der Waals surface area contributed by atoms with Crippen LogP contribution >= 0.6 is 11.3 Å². The van der Waals surface area contributed by atoms with Gasteiger partial charge in [0.2, 0.25) is 17.7 Å². The van der Waals surface area contributed by atoms with E-state index < -0.39 is 11.6 Å². The van der Waals surface area contributed by atoms with Gasteiger partial charge in [-0.1, -0.05) is 12.1 Å². The van der Waals surface area contributed by atoms with E-state index in [0.717, 1.165) is 0 Å². The van der Waals surface area contributed by atoms with Gasteiger partial charge in [-0.3, -0.25) is 14.4 Å². The maximum Gasteiger partial charge on any atom is 0.247 e. The minimum absolute atomic E-state index is 0.0523. The number of ether oxygens (including phenoxy) is 1. The first-order valence-corrected chi connectivity index (χ1v) is 12.0. The molecule has 186 valence electrons. The third-order valence-corrected chi connectivity index (χ3v) is 5.65. The summed E-state index contributed by atoms with van der Waals surface area (Å²) in [6.45, 7) is 5.68. The van der Waals surface area contributed by atoms with Crippen molar-refractivity contribution in [2.45, 2.75) is 51.7 Å². The van der Waals surface area contributed by atoms with Crippen molar-refractivity contribution in [1.82, 2.24) is 15.2 Å². The van der Waals surface area contributed by atoms with Gasteiger partial charge in [0.15, 0.2) is 5.13 Å². The Labute approximate surface area is 208 Å². The molecule has 3 aromatic rings. The lowest BCUT2D eigenvalue weighted by Crippen LogP contribution is -2.49. The van der Waals surface area contributed by atoms with Gasteiger partial charge in [0.1, 0.15) is 17.6 Å². The molecule has 10 heteroatoms. The van der Waals surface area contributed by atoms with Gasteiger partial charge >= 0.3 is 0 Å². The lowest BCUT2D eigenvalue weighted by atomic mass is 10.0. The Bertz CT molecular complexity index is 1110. The second-order valence-corrected chi connectivity index (χ2v) is 9.80. The van der Waals surface area contributed by atoms with Crippen molar-refractivity contribution in [1.29, 1.82) is 0 Å². The van der Waals surface area contributed by atoms with E-state index in [0.29, 0.717) is 22.2 Å². The van der Waals surface area contributed by atoms with Crippen molar-refractivity contribution in [3.05, 3.63) is 65.6 Å². The first-order chi connectivity index (χ1) is 16.7. The molecule has 0 saturated heterocycles. The van der Waals surface area contributed by atoms with Crippen LogP contribution in [0.3, 0.4) is 0 Å². The van der Waals surface area contributed by atoms with E-state index in [-0.39, 0.29) is 37.1 Å². The van der Waals surface area contributed by atoms with Crippen LogP contribution in [0.25, 0.3) is 0 Å². The van der Waals surface area contributed by atoms with E-state index in [1.807, 2.05) is 20.8 Å². The summed E-state index contributed by atoms with van der Waals surface area (Å²) in [5.41, 5.74) is 0.0918. The largest absolute Gasteiger partial charge is 0.497 e. The minimum atomic E-state index is -0.945. The van der Waals surface area contributed by atoms with Gasteiger partial charge in [0.05, 0.1) is 19.9 Å². The fraction of sp³-hybridized carbons (Fsp3) is 0.360. The number of amides is 3. The van der Waals surface area contributed by atoms with E-state index >= 15 is 0 Å². The van der Waals surface area contributed by atoms with Crippen molar-refractivity contribution >= 4 is 34.2 Å². The highest BCUT2D eigenvalue weighted by molar-refractivity contribution is 7.13. The van der Waals surface area contributed by atoms with Gasteiger partial charge in [0, 0.05) is 30.0 Å². The van der Waals surface area contributed by atoms with Crippen LogP contribution in [-0.2, 0) is 20.9 Å². The summed E-state index contributed by atoms with van der Waals surface area (Å²) < 4.78 is 10.7. The number of carbonyl (C=O) groups is 3. The Hall–Kier alpha value is -3.66. The molecule has 1 aromatic carbocycles. The van der Waals surface area contributed by atoms with Crippen molar-refractivity contribution in [3.8, 4) is 5.75 Å². The smallest absolute Gasteiger partial charge is 0.247 e. The summed E-state index contributed by atoms with van der Waals surface area (Å²) in [6, 6.07) is 9.50. The summed E-state index contributed by atoms with van der Waals surface area (Å²) in [4.78, 5) is 44.8. The highest BCUT2D eigenvalue weighted by Gasteiger charge is 2.34. The molecule has 1 atom stereocenters. The van der Waals surface area contributed by atoms with E-state index in [2.05, 4.69) is 15.6 Å². The molecule has 0 aliphatic carbocycles. The number of hydrogen-bond donors (Lipinski definition) is 2.